The third-order valence-corrected chi connectivity index (χ3v) is 5.86. The molecule has 0 aromatic carbocycles. The van der Waals surface area contributed by atoms with Crippen LogP contribution in [0.15, 0.2) is 0 Å². The fraction of sp³-hybridized carbons (Fsp3) is 1.00. The van der Waals surface area contributed by atoms with Gasteiger partial charge in [0.25, 0.3) is 0 Å². The van der Waals surface area contributed by atoms with Crippen LogP contribution in [0.25, 0.3) is 0 Å². The minimum Gasteiger partial charge on any atom is -0.232 e. The largest absolute Gasteiger partial charge is 0.232 e. The van der Waals surface area contributed by atoms with Crippen LogP contribution in [0, 0.1) is 0 Å². The molecule has 0 radical (unpaired) electrons. The molecule has 1 rings (SSSR count). The van der Waals surface area contributed by atoms with Gasteiger partial charge in [0.05, 0.1) is 5.66 Å². The summed E-state index contributed by atoms with van der Waals surface area (Å²) in [6.07, 6.45) is 25.6. The lowest BCUT2D eigenvalue weighted by Crippen LogP contribution is -2.18. The topological polar surface area (TPSA) is 25.0 Å². The van der Waals surface area contributed by atoms with Gasteiger partial charge in [-0.2, -0.15) is 0 Å². The van der Waals surface area contributed by atoms with Gasteiger partial charge < -0.3 is 0 Å². The normalized spacial score (nSPS) is 18.9. The van der Waals surface area contributed by atoms with Gasteiger partial charge >= 0.3 is 0 Å². The summed E-state index contributed by atoms with van der Waals surface area (Å²) in [5.41, 5.74) is 4.00. The van der Waals surface area contributed by atoms with Gasteiger partial charge in [0, 0.05) is 7.05 Å². The van der Waals surface area contributed by atoms with E-state index in [4.69, 9.17) is 0 Å². The van der Waals surface area contributed by atoms with Crippen molar-refractivity contribution in [1.29, 1.82) is 0 Å². The Kier molecular flexibility index (Phi) is 12.9. The van der Waals surface area contributed by atoms with Crippen LogP contribution < -0.4 is 5.43 Å². The van der Waals surface area contributed by atoms with Crippen molar-refractivity contribution >= 4 is 0 Å². The van der Waals surface area contributed by atoms with Crippen molar-refractivity contribution in [1.82, 2.24) is 10.4 Å². The Labute approximate surface area is 153 Å². The van der Waals surface area contributed by atoms with Crippen LogP contribution in [0.1, 0.15) is 129 Å². The molecule has 1 atom stereocenters. The molecule has 1 N–H and O–H groups in total. The number of unbranched alkanes of at least 4 members (excludes halogenated alkanes) is 14. The van der Waals surface area contributed by atoms with Gasteiger partial charge in [0.2, 0.25) is 0 Å². The summed E-state index contributed by atoms with van der Waals surface area (Å²) < 4.78 is 0. The van der Waals surface area contributed by atoms with Crippen LogP contribution in [-0.4, -0.2) is 17.7 Å². The zero-order valence-electron chi connectivity index (χ0n) is 17.2. The minimum atomic E-state index is 0.379. The molecular formula is C22H46N2. The Morgan fingerprint density at radius 1 is 0.542 bits per heavy atom. The van der Waals surface area contributed by atoms with Crippen LogP contribution >= 0.6 is 0 Å². The quantitative estimate of drug-likeness (QED) is 0.211. The first kappa shape index (κ1) is 22.0. The first-order valence-electron chi connectivity index (χ1n) is 11.3. The highest BCUT2D eigenvalue weighted by atomic mass is 15.8. The predicted molar refractivity (Wildman–Crippen MR) is 108 cm³/mol. The number of hydrogen-bond donors (Lipinski definition) is 1. The maximum absolute atomic E-state index is 3.62. The highest BCUT2D eigenvalue weighted by molar-refractivity contribution is 4.95. The molecular weight excluding hydrogens is 292 g/mol. The third-order valence-electron chi connectivity index (χ3n) is 5.86. The number of nitrogens with one attached hydrogen (secondary N) is 1. The lowest BCUT2D eigenvalue weighted by atomic mass is 9.97. The van der Waals surface area contributed by atoms with E-state index in [2.05, 4.69) is 31.3 Å². The van der Waals surface area contributed by atoms with Crippen molar-refractivity contribution in [2.75, 3.05) is 7.05 Å². The molecule has 0 saturated carbocycles. The summed E-state index contributed by atoms with van der Waals surface area (Å²) in [6.45, 7) is 4.59. The average Bonchev–Trinajstić information content (AvgIpc) is 3.22. The standard InChI is InChI=1S/C22H46N2/c1-4-6-8-10-12-14-16-18-20-22(23-24(22)3)21-19-17-15-13-11-9-7-5-2/h23H,4-21H2,1-3H3. The van der Waals surface area contributed by atoms with Crippen LogP contribution in [0.4, 0.5) is 0 Å². The molecule has 1 heterocycles. The fourth-order valence-electron chi connectivity index (χ4n) is 3.96. The van der Waals surface area contributed by atoms with Crippen molar-refractivity contribution < 1.29 is 0 Å². The molecule has 1 unspecified atom stereocenters. The minimum absolute atomic E-state index is 0.379. The summed E-state index contributed by atoms with van der Waals surface area (Å²) in [6, 6.07) is 0. The van der Waals surface area contributed by atoms with E-state index in [9.17, 15) is 0 Å². The number of hydrogen-bond acceptors (Lipinski definition) is 2. The summed E-state index contributed by atoms with van der Waals surface area (Å²) in [5, 5.41) is 2.37. The first-order valence-corrected chi connectivity index (χ1v) is 11.3. The Morgan fingerprint density at radius 3 is 1.12 bits per heavy atom. The molecule has 2 heteroatoms. The Hall–Kier alpha value is -0.0800. The van der Waals surface area contributed by atoms with Gasteiger partial charge in [-0.3, -0.25) is 0 Å². The molecule has 0 amide bonds. The number of rotatable bonds is 18. The lowest BCUT2D eigenvalue weighted by Gasteiger charge is -2.13. The van der Waals surface area contributed by atoms with E-state index in [-0.39, 0.29) is 0 Å². The van der Waals surface area contributed by atoms with Crippen molar-refractivity contribution in [2.24, 2.45) is 0 Å². The van der Waals surface area contributed by atoms with Gasteiger partial charge in [-0.05, 0) is 12.8 Å². The molecule has 1 aliphatic rings. The lowest BCUT2D eigenvalue weighted by molar-refractivity contribution is 0.375. The summed E-state index contributed by atoms with van der Waals surface area (Å²) >= 11 is 0. The van der Waals surface area contributed by atoms with Gasteiger partial charge in [-0.15, -0.1) is 0 Å². The summed E-state index contributed by atoms with van der Waals surface area (Å²) in [5.74, 6) is 0. The van der Waals surface area contributed by atoms with Crippen LogP contribution in [-0.2, 0) is 0 Å². The Bertz CT molecular complexity index is 257. The molecule has 0 bridgehead atoms. The predicted octanol–water partition coefficient (Wildman–Crippen LogP) is 7.19. The van der Waals surface area contributed by atoms with E-state index < -0.39 is 0 Å². The third kappa shape index (κ3) is 10.0. The smallest absolute Gasteiger partial charge is 0.0970 e. The van der Waals surface area contributed by atoms with Crippen molar-refractivity contribution in [3.63, 3.8) is 0 Å². The van der Waals surface area contributed by atoms with Gasteiger partial charge in [0.1, 0.15) is 0 Å². The van der Waals surface area contributed by atoms with Gasteiger partial charge in [0.15, 0.2) is 0 Å². The van der Waals surface area contributed by atoms with Gasteiger partial charge in [-0.1, -0.05) is 117 Å². The zero-order valence-corrected chi connectivity index (χ0v) is 17.2. The van der Waals surface area contributed by atoms with Crippen LogP contribution in [0.5, 0.6) is 0 Å². The van der Waals surface area contributed by atoms with E-state index in [0.717, 1.165) is 0 Å². The monoisotopic (exact) mass is 338 g/mol. The number of nitrogens with zero attached hydrogens (tertiary/aromatic N) is 1. The molecule has 0 aliphatic carbocycles. The average molecular weight is 339 g/mol. The second-order valence-corrected chi connectivity index (χ2v) is 8.15. The highest BCUT2D eigenvalue weighted by Crippen LogP contribution is 2.34. The SMILES string of the molecule is CCCCCCCCCCC1(CCCCCCCCCC)NN1C. The molecule has 0 spiro atoms. The molecule has 0 aromatic rings. The maximum Gasteiger partial charge on any atom is 0.0970 e. The van der Waals surface area contributed by atoms with E-state index in [1.165, 1.54) is 116 Å². The van der Waals surface area contributed by atoms with E-state index in [0.29, 0.717) is 5.66 Å². The second-order valence-electron chi connectivity index (χ2n) is 8.15. The summed E-state index contributed by atoms with van der Waals surface area (Å²) in [4.78, 5) is 0. The number of hydrazine groups is 1. The molecule has 1 saturated heterocycles. The van der Waals surface area contributed by atoms with Crippen molar-refractivity contribution in [3.05, 3.63) is 0 Å². The molecule has 144 valence electrons. The molecule has 1 aliphatic heterocycles. The van der Waals surface area contributed by atoms with Crippen LogP contribution in [0.3, 0.4) is 0 Å². The molecule has 24 heavy (non-hydrogen) atoms. The summed E-state index contributed by atoms with van der Waals surface area (Å²) in [7, 11) is 2.23. The van der Waals surface area contributed by atoms with Gasteiger partial charge in [-0.25, -0.2) is 10.4 Å². The molecule has 1 fully saturated rings. The highest BCUT2D eigenvalue weighted by Gasteiger charge is 2.47. The fourth-order valence-corrected chi connectivity index (χ4v) is 3.96. The molecule has 0 aromatic heterocycles. The van der Waals surface area contributed by atoms with E-state index in [1.54, 1.807) is 0 Å². The van der Waals surface area contributed by atoms with E-state index >= 15 is 0 Å². The first-order chi connectivity index (χ1) is 11.7. The van der Waals surface area contributed by atoms with Crippen molar-refractivity contribution in [2.45, 2.75) is 135 Å². The Morgan fingerprint density at radius 2 is 0.833 bits per heavy atom. The maximum atomic E-state index is 3.62. The second kappa shape index (κ2) is 14.1. The van der Waals surface area contributed by atoms with Crippen molar-refractivity contribution in [3.8, 4) is 0 Å². The van der Waals surface area contributed by atoms with E-state index in [1.807, 2.05) is 0 Å². The molecule has 2 nitrogen and oxygen atoms in total. The Balaban J connectivity index is 1.93. The zero-order chi connectivity index (χ0) is 17.5. The van der Waals surface area contributed by atoms with Crippen LogP contribution in [0.2, 0.25) is 0 Å².